The standard InChI is InChI=1S/2C20H34.C5H10O2.C3H8.CH4.2CH3.Zr/c2*1-3-7-19-15(5-1)9-11-17(19)13-14-18-12-10-16-6-2-4-8-20(16)18;1-5(2,3)4(6)7;1-3-2;;;;/h2*15-20H,1-14H2;1-3H3,(H,6,7);3H2,1-2H3;1H4;2*1H3;/q;;;;;2*-1;+2. The van der Waals surface area contributed by atoms with Gasteiger partial charge < -0.3 is 20.0 Å². The van der Waals surface area contributed by atoms with Gasteiger partial charge in [0.15, 0.2) is 0 Å². The molecule has 0 spiro atoms. The van der Waals surface area contributed by atoms with Crippen molar-refractivity contribution in [3.63, 3.8) is 0 Å². The summed E-state index contributed by atoms with van der Waals surface area (Å²) in [5.41, 5.74) is -0.583. The van der Waals surface area contributed by atoms with Crippen molar-refractivity contribution < 1.29 is 36.1 Å². The van der Waals surface area contributed by atoms with E-state index in [0.29, 0.717) is 0 Å². The molecular formula is C51H96O2Zr. The third-order valence-electron chi connectivity index (χ3n) is 16.4. The number of rotatable bonds is 6. The van der Waals surface area contributed by atoms with Crippen LogP contribution < -0.4 is 0 Å². The normalized spacial score (nSPS) is 37.4. The second-order valence-corrected chi connectivity index (χ2v) is 20.6. The molecule has 0 saturated heterocycles. The van der Waals surface area contributed by atoms with E-state index in [1.807, 2.05) is 0 Å². The van der Waals surface area contributed by atoms with E-state index in [4.69, 9.17) is 5.11 Å². The molecule has 1 N–H and O–H groups in total. The van der Waals surface area contributed by atoms with Crippen LogP contribution >= 0.6 is 0 Å². The topological polar surface area (TPSA) is 37.3 Å². The summed E-state index contributed by atoms with van der Waals surface area (Å²) in [4.78, 5) is 10.0. The molecule has 8 rings (SSSR count). The van der Waals surface area contributed by atoms with Crippen LogP contribution in [0.25, 0.3) is 0 Å². The van der Waals surface area contributed by atoms with Gasteiger partial charge in [-0.15, -0.1) is 0 Å². The summed E-state index contributed by atoms with van der Waals surface area (Å²) in [5.74, 6) is 13.1. The molecule has 3 heteroatoms. The predicted octanol–water partition coefficient (Wildman–Crippen LogP) is 16.5. The third kappa shape index (κ3) is 14.9. The van der Waals surface area contributed by atoms with Gasteiger partial charge >= 0.3 is 32.2 Å². The number of carboxylic acid groups (broad SMARTS) is 1. The fourth-order valence-electron chi connectivity index (χ4n) is 13.7. The maximum Gasteiger partial charge on any atom is 2.00 e. The summed E-state index contributed by atoms with van der Waals surface area (Å²) >= 11 is 0. The molecule has 8 saturated carbocycles. The van der Waals surface area contributed by atoms with Gasteiger partial charge in [-0.1, -0.05) is 105 Å². The Balaban J connectivity index is 0.000000410. The minimum atomic E-state index is -0.757. The summed E-state index contributed by atoms with van der Waals surface area (Å²) in [6, 6.07) is 0. The summed E-state index contributed by atoms with van der Waals surface area (Å²) in [5, 5.41) is 8.25. The first-order chi connectivity index (χ1) is 24.2. The first-order valence-corrected chi connectivity index (χ1v) is 23.4. The van der Waals surface area contributed by atoms with E-state index < -0.39 is 11.4 Å². The van der Waals surface area contributed by atoms with E-state index in [0.717, 1.165) is 71.0 Å². The van der Waals surface area contributed by atoms with E-state index in [1.54, 1.807) is 201 Å². The third-order valence-corrected chi connectivity index (χ3v) is 16.4. The number of carbonyl (C=O) groups is 1. The van der Waals surface area contributed by atoms with Gasteiger partial charge in [-0.3, -0.25) is 4.79 Å². The molecule has 8 aliphatic carbocycles. The van der Waals surface area contributed by atoms with Gasteiger partial charge in [0.1, 0.15) is 0 Å². The summed E-state index contributed by atoms with van der Waals surface area (Å²) in [6.45, 7) is 9.24. The van der Waals surface area contributed by atoms with Crippen molar-refractivity contribution in [3.8, 4) is 0 Å². The molecule has 0 aromatic carbocycles. The summed E-state index contributed by atoms with van der Waals surface area (Å²) in [7, 11) is 0. The van der Waals surface area contributed by atoms with Crippen molar-refractivity contribution >= 4 is 5.97 Å². The van der Waals surface area contributed by atoms with Crippen molar-refractivity contribution in [2.24, 2.45) is 76.4 Å². The van der Waals surface area contributed by atoms with E-state index >= 15 is 0 Å². The Morgan fingerprint density at radius 3 is 0.815 bits per heavy atom. The first kappa shape index (κ1) is 52.4. The number of aliphatic carboxylic acids is 1. The Morgan fingerprint density at radius 2 is 0.630 bits per heavy atom. The molecule has 0 heterocycles. The fourth-order valence-corrected chi connectivity index (χ4v) is 13.7. The smallest absolute Gasteiger partial charge is 0.481 e. The summed E-state index contributed by atoms with van der Waals surface area (Å²) < 4.78 is 0. The largest absolute Gasteiger partial charge is 2.00 e. The Bertz CT molecular complexity index is 843. The van der Waals surface area contributed by atoms with Crippen LogP contribution in [0.5, 0.6) is 0 Å². The number of carboxylic acids is 1. The fraction of sp³-hybridized carbons (Fsp3) is 0.941. The average molecular weight is 833 g/mol. The maximum absolute atomic E-state index is 10.0. The van der Waals surface area contributed by atoms with Crippen LogP contribution in [0.4, 0.5) is 0 Å². The molecule has 0 aromatic heterocycles. The van der Waals surface area contributed by atoms with Crippen LogP contribution in [0.3, 0.4) is 0 Å². The van der Waals surface area contributed by atoms with Gasteiger partial charge in [0, 0.05) is 0 Å². The molecule has 0 aliphatic heterocycles. The van der Waals surface area contributed by atoms with Crippen molar-refractivity contribution in [1.82, 2.24) is 0 Å². The molecule has 8 aliphatic rings. The van der Waals surface area contributed by atoms with Crippen LogP contribution in [0.2, 0.25) is 0 Å². The Morgan fingerprint density at radius 1 is 0.444 bits per heavy atom. The molecule has 0 bridgehead atoms. The molecule has 0 aromatic rings. The summed E-state index contributed by atoms with van der Waals surface area (Å²) in [6.07, 6.45) is 45.4. The molecule has 12 atom stereocenters. The molecular weight excluding hydrogens is 736 g/mol. The Kier molecular flexibility index (Phi) is 25.7. The van der Waals surface area contributed by atoms with Crippen LogP contribution in [0.15, 0.2) is 0 Å². The maximum atomic E-state index is 10.0. The van der Waals surface area contributed by atoms with Crippen molar-refractivity contribution in [1.29, 1.82) is 0 Å². The molecule has 316 valence electrons. The monoisotopic (exact) mass is 831 g/mol. The zero-order valence-corrected chi connectivity index (χ0v) is 39.2. The van der Waals surface area contributed by atoms with Gasteiger partial charge in [0.05, 0.1) is 5.41 Å². The minimum Gasteiger partial charge on any atom is -0.481 e. The number of fused-ring (bicyclic) bond motifs is 4. The zero-order chi connectivity index (χ0) is 35.5. The van der Waals surface area contributed by atoms with Gasteiger partial charge in [0.25, 0.3) is 0 Å². The molecule has 0 radical (unpaired) electrons. The van der Waals surface area contributed by atoms with E-state index in [-0.39, 0.29) is 48.5 Å². The van der Waals surface area contributed by atoms with Gasteiger partial charge in [-0.05, 0) is 195 Å². The quantitative estimate of drug-likeness (QED) is 0.271. The van der Waals surface area contributed by atoms with Crippen LogP contribution in [-0.2, 0) is 31.0 Å². The van der Waals surface area contributed by atoms with Crippen LogP contribution in [0.1, 0.15) is 228 Å². The van der Waals surface area contributed by atoms with Gasteiger partial charge in [-0.2, -0.15) is 0 Å². The average Bonchev–Trinajstić information content (AvgIpc) is 3.92. The van der Waals surface area contributed by atoms with Crippen LogP contribution in [0, 0.1) is 91.3 Å². The minimum absolute atomic E-state index is 0. The number of hydrogen-bond acceptors (Lipinski definition) is 1. The molecule has 2 nitrogen and oxygen atoms in total. The van der Waals surface area contributed by atoms with E-state index in [9.17, 15) is 4.79 Å². The predicted molar refractivity (Wildman–Crippen MR) is 234 cm³/mol. The van der Waals surface area contributed by atoms with E-state index in [1.165, 1.54) is 6.42 Å². The van der Waals surface area contributed by atoms with Crippen molar-refractivity contribution in [2.45, 2.75) is 228 Å². The SMILES string of the molecule is C.C1CCC2C(C1)CCC2CCC1CCC2CCCCC21.C1CCC2C(C1)CCC2CCC1CCC2CCCCC21.CC(C)(C)C(=O)O.CCC.[CH3-].[CH3-].[Zr+2]. The zero-order valence-electron chi connectivity index (χ0n) is 36.8. The Labute approximate surface area is 359 Å². The van der Waals surface area contributed by atoms with E-state index in [2.05, 4.69) is 13.8 Å². The molecule has 0 amide bonds. The second-order valence-electron chi connectivity index (χ2n) is 20.6. The number of hydrogen-bond donors (Lipinski definition) is 1. The van der Waals surface area contributed by atoms with Crippen LogP contribution in [-0.4, -0.2) is 11.1 Å². The first-order valence-electron chi connectivity index (χ1n) is 23.4. The van der Waals surface area contributed by atoms with Crippen molar-refractivity contribution in [3.05, 3.63) is 14.9 Å². The molecule has 12 unspecified atom stereocenters. The van der Waals surface area contributed by atoms with Gasteiger partial charge in [-0.25, -0.2) is 0 Å². The Hall–Kier alpha value is 0.353. The van der Waals surface area contributed by atoms with Gasteiger partial charge in [0.2, 0.25) is 0 Å². The second kappa shape index (κ2) is 26.5. The molecule has 8 fully saturated rings. The van der Waals surface area contributed by atoms with Crippen molar-refractivity contribution in [2.75, 3.05) is 0 Å². The molecule has 54 heavy (non-hydrogen) atoms.